The molecule has 340 valence electrons. The summed E-state index contributed by atoms with van der Waals surface area (Å²) in [6.07, 6.45) is 41.8. The topological polar surface area (TPSA) is 79.3 Å². The van der Waals surface area contributed by atoms with Crippen LogP contribution < -0.4 is 0 Å². The van der Waals surface area contributed by atoms with Gasteiger partial charge in [-0.1, -0.05) is 182 Å². The Hall–Kier alpha value is -1.34. The van der Waals surface area contributed by atoms with Crippen LogP contribution >= 0.6 is 0 Å². The summed E-state index contributed by atoms with van der Waals surface area (Å²) in [4.78, 5) is 30.2. The lowest BCUT2D eigenvalue weighted by Gasteiger charge is -2.23. The molecule has 1 N–H and O–H groups in total. The minimum Gasteiger partial charge on any atom is -0.434 e. The van der Waals surface area contributed by atoms with Gasteiger partial charge in [0.25, 0.3) is 0 Å². The molecule has 7 nitrogen and oxygen atoms in total. The molecule has 0 heterocycles. The van der Waals surface area contributed by atoms with Gasteiger partial charge in [0.1, 0.15) is 0 Å². The molecule has 1 unspecified atom stereocenters. The fourth-order valence-corrected chi connectivity index (χ4v) is 7.92. The van der Waals surface area contributed by atoms with Gasteiger partial charge in [-0.3, -0.25) is 4.79 Å². The van der Waals surface area contributed by atoms with E-state index in [9.17, 15) is 14.7 Å². The molecule has 0 bridgehead atoms. The Morgan fingerprint density at radius 2 is 0.860 bits per heavy atom. The number of unbranched alkanes of at least 4 members (excludes halogenated alkanes) is 26. The summed E-state index contributed by atoms with van der Waals surface area (Å²) in [5, 5.41) is 9.23. The van der Waals surface area contributed by atoms with Crippen LogP contribution in [0.15, 0.2) is 0 Å². The third kappa shape index (κ3) is 39.9. The molecule has 0 saturated heterocycles. The van der Waals surface area contributed by atoms with E-state index < -0.39 is 6.16 Å². The SMILES string of the molecule is CCCCCCCCCCN(CCCCCCCCCC)C(=O)CCCCCCCN(CCCCCO)CCCCCCCCOC(=O)OCC(CC)CCCC. The lowest BCUT2D eigenvalue weighted by atomic mass is 10.0. The van der Waals surface area contributed by atoms with Crippen molar-refractivity contribution in [3.63, 3.8) is 0 Å². The van der Waals surface area contributed by atoms with E-state index in [2.05, 4.69) is 37.5 Å². The number of aliphatic hydroxyl groups is 1. The largest absolute Gasteiger partial charge is 0.508 e. The van der Waals surface area contributed by atoms with Crippen molar-refractivity contribution < 1.29 is 24.2 Å². The molecule has 0 aliphatic heterocycles. The zero-order valence-corrected chi connectivity index (χ0v) is 39.0. The number of carbonyl (C=O) groups is 2. The molecule has 57 heavy (non-hydrogen) atoms. The third-order valence-corrected chi connectivity index (χ3v) is 12.0. The Morgan fingerprint density at radius 3 is 1.32 bits per heavy atom. The molecule has 0 saturated carbocycles. The number of amides is 1. The number of carbonyl (C=O) groups excluding carboxylic acids is 2. The minimum absolute atomic E-state index is 0.295. The van der Waals surface area contributed by atoms with E-state index in [0.717, 1.165) is 96.9 Å². The van der Waals surface area contributed by atoms with Gasteiger partial charge in [0.15, 0.2) is 0 Å². The smallest absolute Gasteiger partial charge is 0.434 e. The molecule has 0 aromatic rings. The summed E-state index contributed by atoms with van der Waals surface area (Å²) in [5.41, 5.74) is 0. The summed E-state index contributed by atoms with van der Waals surface area (Å²) < 4.78 is 10.6. The molecule has 0 rings (SSSR count). The Morgan fingerprint density at radius 1 is 0.456 bits per heavy atom. The van der Waals surface area contributed by atoms with E-state index in [1.54, 1.807) is 0 Å². The first-order chi connectivity index (χ1) is 28.0. The van der Waals surface area contributed by atoms with Gasteiger partial charge in [-0.25, -0.2) is 4.79 Å². The Kier molecular flexibility index (Phi) is 44.7. The van der Waals surface area contributed by atoms with E-state index >= 15 is 0 Å². The molecule has 0 spiro atoms. The number of hydrogen-bond donors (Lipinski definition) is 1. The normalized spacial score (nSPS) is 12.0. The second-order valence-corrected chi connectivity index (χ2v) is 17.4. The highest BCUT2D eigenvalue weighted by atomic mass is 16.7. The predicted octanol–water partition coefficient (Wildman–Crippen LogP) is 14.6. The van der Waals surface area contributed by atoms with Crippen LogP contribution in [0.3, 0.4) is 0 Å². The van der Waals surface area contributed by atoms with Crippen LogP contribution in [0.1, 0.15) is 252 Å². The van der Waals surface area contributed by atoms with E-state index in [4.69, 9.17) is 9.47 Å². The first-order valence-corrected chi connectivity index (χ1v) is 25.4. The van der Waals surface area contributed by atoms with Crippen LogP contribution in [-0.4, -0.2) is 79.5 Å². The number of rotatable bonds is 46. The zero-order valence-electron chi connectivity index (χ0n) is 39.0. The van der Waals surface area contributed by atoms with Gasteiger partial charge < -0.3 is 24.4 Å². The maximum absolute atomic E-state index is 13.3. The van der Waals surface area contributed by atoms with Crippen LogP contribution in [0.4, 0.5) is 4.79 Å². The van der Waals surface area contributed by atoms with Gasteiger partial charge in [-0.15, -0.1) is 0 Å². The lowest BCUT2D eigenvalue weighted by molar-refractivity contribution is -0.131. The van der Waals surface area contributed by atoms with E-state index in [1.165, 1.54) is 161 Å². The summed E-state index contributed by atoms with van der Waals surface area (Å²) >= 11 is 0. The standard InChI is InChI=1S/C50H100N2O5/c1-5-9-12-14-16-18-26-34-43-52(44-35-27-19-17-15-13-10-6-2)49(54)39-30-23-22-25-32-41-51(42-33-29-36-45-53)40-31-24-20-21-28-37-46-56-50(55)57-47-48(8-4)38-11-7-3/h48,53H,5-47H2,1-4H3. The van der Waals surface area contributed by atoms with Crippen molar-refractivity contribution in [3.05, 3.63) is 0 Å². The summed E-state index contributed by atoms with van der Waals surface area (Å²) in [5.74, 6) is 0.851. The van der Waals surface area contributed by atoms with E-state index in [-0.39, 0.29) is 0 Å². The maximum Gasteiger partial charge on any atom is 0.508 e. The van der Waals surface area contributed by atoms with E-state index in [0.29, 0.717) is 31.6 Å². The van der Waals surface area contributed by atoms with Gasteiger partial charge in [-0.05, 0) is 89.8 Å². The van der Waals surface area contributed by atoms with Gasteiger partial charge in [0.2, 0.25) is 5.91 Å². The Balaban J connectivity index is 4.31. The number of hydrogen-bond acceptors (Lipinski definition) is 6. The predicted molar refractivity (Wildman–Crippen MR) is 245 cm³/mol. The third-order valence-electron chi connectivity index (χ3n) is 12.0. The quantitative estimate of drug-likeness (QED) is 0.0487. The van der Waals surface area contributed by atoms with Crippen LogP contribution in [0.5, 0.6) is 0 Å². The van der Waals surface area contributed by atoms with Crippen molar-refractivity contribution in [3.8, 4) is 0 Å². The highest BCUT2D eigenvalue weighted by molar-refractivity contribution is 5.76. The van der Waals surface area contributed by atoms with Crippen LogP contribution in [0, 0.1) is 5.92 Å². The Bertz CT molecular complexity index is 807. The molecule has 0 aliphatic rings. The van der Waals surface area contributed by atoms with Crippen molar-refractivity contribution in [2.45, 2.75) is 252 Å². The number of ether oxygens (including phenoxy) is 2. The van der Waals surface area contributed by atoms with Crippen molar-refractivity contribution in [1.82, 2.24) is 9.80 Å². The molecular weight excluding hydrogens is 709 g/mol. The minimum atomic E-state index is -0.505. The van der Waals surface area contributed by atoms with Crippen molar-refractivity contribution in [2.75, 3.05) is 52.5 Å². The number of nitrogens with zero attached hydrogens (tertiary/aromatic N) is 2. The second-order valence-electron chi connectivity index (χ2n) is 17.4. The van der Waals surface area contributed by atoms with Crippen molar-refractivity contribution in [2.24, 2.45) is 5.92 Å². The summed E-state index contributed by atoms with van der Waals surface area (Å²) in [6.45, 7) is 15.5. The maximum atomic E-state index is 13.3. The second kappa shape index (κ2) is 45.7. The summed E-state index contributed by atoms with van der Waals surface area (Å²) in [7, 11) is 0. The van der Waals surface area contributed by atoms with Gasteiger partial charge in [-0.2, -0.15) is 0 Å². The highest BCUT2D eigenvalue weighted by Gasteiger charge is 2.14. The molecule has 0 fully saturated rings. The zero-order chi connectivity index (χ0) is 41.7. The van der Waals surface area contributed by atoms with Gasteiger partial charge in [0, 0.05) is 26.1 Å². The molecule has 1 atom stereocenters. The molecule has 0 aromatic heterocycles. The first-order valence-electron chi connectivity index (χ1n) is 25.4. The first kappa shape index (κ1) is 55.7. The van der Waals surface area contributed by atoms with E-state index in [1.807, 2.05) is 0 Å². The lowest BCUT2D eigenvalue weighted by Crippen LogP contribution is -2.32. The molecule has 7 heteroatoms. The van der Waals surface area contributed by atoms with Crippen LogP contribution in [-0.2, 0) is 14.3 Å². The molecule has 0 radical (unpaired) electrons. The van der Waals surface area contributed by atoms with Crippen LogP contribution in [0.2, 0.25) is 0 Å². The van der Waals surface area contributed by atoms with Crippen molar-refractivity contribution in [1.29, 1.82) is 0 Å². The molecule has 0 aliphatic carbocycles. The molecule has 1 amide bonds. The van der Waals surface area contributed by atoms with Gasteiger partial charge in [0.05, 0.1) is 13.2 Å². The monoisotopic (exact) mass is 809 g/mol. The fraction of sp³-hybridized carbons (Fsp3) is 0.960. The van der Waals surface area contributed by atoms with Crippen molar-refractivity contribution >= 4 is 12.1 Å². The number of aliphatic hydroxyl groups excluding tert-OH is 1. The van der Waals surface area contributed by atoms with Gasteiger partial charge >= 0.3 is 6.16 Å². The van der Waals surface area contributed by atoms with Crippen LogP contribution in [0.25, 0.3) is 0 Å². The Labute approximate surface area is 355 Å². The average molecular weight is 809 g/mol. The molecular formula is C50H100N2O5. The highest BCUT2D eigenvalue weighted by Crippen LogP contribution is 2.16. The average Bonchev–Trinajstić information content (AvgIpc) is 3.22. The fourth-order valence-electron chi connectivity index (χ4n) is 7.92. The molecule has 0 aromatic carbocycles. The summed E-state index contributed by atoms with van der Waals surface area (Å²) in [6, 6.07) is 0.